The second-order valence-electron chi connectivity index (χ2n) is 5.19. The van der Waals surface area contributed by atoms with Gasteiger partial charge in [-0.2, -0.15) is 0 Å². The normalized spacial score (nSPS) is 15.6. The van der Waals surface area contributed by atoms with Gasteiger partial charge < -0.3 is 14.5 Å². The number of pyridine rings is 1. The maximum absolute atomic E-state index is 12.1. The van der Waals surface area contributed by atoms with Crippen LogP contribution in [0.5, 0.6) is 0 Å². The maximum atomic E-state index is 12.1. The topological polar surface area (TPSA) is 67.6 Å². The number of morpholine rings is 1. The van der Waals surface area contributed by atoms with Crippen molar-refractivity contribution in [1.29, 1.82) is 0 Å². The van der Waals surface area contributed by atoms with Crippen LogP contribution in [0.2, 0.25) is 0 Å². The molecule has 0 spiro atoms. The van der Waals surface area contributed by atoms with E-state index in [0.29, 0.717) is 18.7 Å². The van der Waals surface area contributed by atoms with E-state index in [1.807, 2.05) is 18.2 Å². The molecule has 0 aliphatic carbocycles. The Morgan fingerprint density at radius 2 is 2.18 bits per heavy atom. The van der Waals surface area contributed by atoms with Gasteiger partial charge >= 0.3 is 0 Å². The van der Waals surface area contributed by atoms with Crippen molar-refractivity contribution in [2.75, 3.05) is 26.3 Å². The molecule has 3 heterocycles. The summed E-state index contributed by atoms with van der Waals surface area (Å²) in [5, 5.41) is 2.84. The van der Waals surface area contributed by atoms with Crippen molar-refractivity contribution < 1.29 is 13.9 Å². The molecule has 6 nitrogen and oxygen atoms in total. The van der Waals surface area contributed by atoms with Gasteiger partial charge in [-0.25, -0.2) is 0 Å². The highest BCUT2D eigenvalue weighted by Gasteiger charge is 2.15. The fraction of sp³-hybridized carbons (Fsp3) is 0.375. The molecule has 1 aliphatic heterocycles. The molecule has 0 radical (unpaired) electrons. The summed E-state index contributed by atoms with van der Waals surface area (Å²) in [4.78, 5) is 18.5. The van der Waals surface area contributed by atoms with Gasteiger partial charge in [0.05, 0.1) is 37.6 Å². The van der Waals surface area contributed by atoms with Crippen molar-refractivity contribution in [3.05, 3.63) is 53.7 Å². The zero-order valence-corrected chi connectivity index (χ0v) is 12.3. The van der Waals surface area contributed by atoms with Crippen LogP contribution < -0.4 is 5.32 Å². The lowest BCUT2D eigenvalue weighted by Crippen LogP contribution is -2.35. The largest absolute Gasteiger partial charge is 0.467 e. The van der Waals surface area contributed by atoms with E-state index in [0.717, 1.165) is 37.8 Å². The third-order valence-electron chi connectivity index (χ3n) is 3.56. The summed E-state index contributed by atoms with van der Waals surface area (Å²) in [5.41, 5.74) is 1.37. The lowest BCUT2D eigenvalue weighted by molar-refractivity contribution is 0.0313. The second-order valence-corrected chi connectivity index (χ2v) is 5.19. The first-order valence-corrected chi connectivity index (χ1v) is 7.37. The number of aromatic nitrogens is 1. The number of nitrogens with zero attached hydrogens (tertiary/aromatic N) is 2. The summed E-state index contributed by atoms with van der Waals surface area (Å²) in [6.07, 6.45) is 3.21. The number of amides is 1. The number of ether oxygens (including phenoxy) is 1. The van der Waals surface area contributed by atoms with Gasteiger partial charge in [0.1, 0.15) is 12.0 Å². The Bertz CT molecular complexity index is 606. The van der Waals surface area contributed by atoms with E-state index in [-0.39, 0.29) is 5.91 Å². The molecule has 1 N–H and O–H groups in total. The molecule has 0 unspecified atom stereocenters. The minimum atomic E-state index is -0.150. The van der Waals surface area contributed by atoms with E-state index in [1.165, 1.54) is 6.26 Å². The minimum absolute atomic E-state index is 0.150. The standard InChI is InChI=1S/C16H19N3O3/c20-16(18-10-14-3-1-2-4-17-14)13-9-15(22-12-13)11-19-5-7-21-8-6-19/h1-4,9,12H,5-8,10-11H2,(H,18,20). The van der Waals surface area contributed by atoms with Crippen LogP contribution in [0.3, 0.4) is 0 Å². The minimum Gasteiger partial charge on any atom is -0.467 e. The van der Waals surface area contributed by atoms with E-state index < -0.39 is 0 Å². The van der Waals surface area contributed by atoms with Crippen molar-refractivity contribution in [3.63, 3.8) is 0 Å². The van der Waals surface area contributed by atoms with Crippen LogP contribution in [0.15, 0.2) is 41.1 Å². The van der Waals surface area contributed by atoms with E-state index in [2.05, 4.69) is 15.2 Å². The van der Waals surface area contributed by atoms with Gasteiger partial charge in [0.15, 0.2) is 0 Å². The molecule has 1 saturated heterocycles. The maximum Gasteiger partial charge on any atom is 0.254 e. The molecule has 116 valence electrons. The lowest BCUT2D eigenvalue weighted by Gasteiger charge is -2.25. The predicted molar refractivity (Wildman–Crippen MR) is 80.2 cm³/mol. The molecule has 2 aromatic rings. The van der Waals surface area contributed by atoms with Gasteiger partial charge in [-0.15, -0.1) is 0 Å². The Morgan fingerprint density at radius 1 is 1.32 bits per heavy atom. The SMILES string of the molecule is O=C(NCc1ccccn1)c1coc(CN2CCOCC2)c1. The van der Waals surface area contributed by atoms with Gasteiger partial charge in [-0.3, -0.25) is 14.7 Å². The Hall–Kier alpha value is -2.18. The average molecular weight is 301 g/mol. The van der Waals surface area contributed by atoms with Crippen molar-refractivity contribution in [1.82, 2.24) is 15.2 Å². The molecule has 6 heteroatoms. The Morgan fingerprint density at radius 3 is 2.95 bits per heavy atom. The highest BCUT2D eigenvalue weighted by atomic mass is 16.5. The summed E-state index contributed by atoms with van der Waals surface area (Å²) in [6.45, 7) is 4.39. The zero-order chi connectivity index (χ0) is 15.2. The Balaban J connectivity index is 1.52. The summed E-state index contributed by atoms with van der Waals surface area (Å²) in [6, 6.07) is 7.41. The van der Waals surface area contributed by atoms with E-state index in [4.69, 9.17) is 9.15 Å². The molecule has 0 saturated carbocycles. The lowest BCUT2D eigenvalue weighted by atomic mass is 10.2. The van der Waals surface area contributed by atoms with Crippen molar-refractivity contribution in [3.8, 4) is 0 Å². The van der Waals surface area contributed by atoms with Gasteiger partial charge in [0.25, 0.3) is 5.91 Å². The fourth-order valence-corrected chi connectivity index (χ4v) is 2.34. The first-order valence-electron chi connectivity index (χ1n) is 7.37. The predicted octanol–water partition coefficient (Wildman–Crippen LogP) is 1.44. The van der Waals surface area contributed by atoms with Crippen molar-refractivity contribution >= 4 is 5.91 Å². The number of hydrogen-bond acceptors (Lipinski definition) is 5. The number of carbonyl (C=O) groups excluding carboxylic acids is 1. The van der Waals surface area contributed by atoms with E-state index in [9.17, 15) is 4.79 Å². The van der Waals surface area contributed by atoms with Crippen LogP contribution in [-0.4, -0.2) is 42.1 Å². The fourth-order valence-electron chi connectivity index (χ4n) is 2.34. The van der Waals surface area contributed by atoms with Gasteiger partial charge in [-0.05, 0) is 18.2 Å². The quantitative estimate of drug-likeness (QED) is 0.905. The third kappa shape index (κ3) is 3.93. The van der Waals surface area contributed by atoms with Crippen LogP contribution in [-0.2, 0) is 17.8 Å². The third-order valence-corrected chi connectivity index (χ3v) is 3.56. The first-order chi connectivity index (χ1) is 10.8. The average Bonchev–Trinajstić information content (AvgIpc) is 3.03. The van der Waals surface area contributed by atoms with Crippen LogP contribution >= 0.6 is 0 Å². The Kier molecular flexibility index (Phi) is 4.82. The molecule has 0 atom stereocenters. The molecule has 3 rings (SSSR count). The monoisotopic (exact) mass is 301 g/mol. The van der Waals surface area contributed by atoms with E-state index in [1.54, 1.807) is 12.3 Å². The van der Waals surface area contributed by atoms with Crippen molar-refractivity contribution in [2.24, 2.45) is 0 Å². The second kappa shape index (κ2) is 7.20. The number of rotatable bonds is 5. The number of nitrogens with one attached hydrogen (secondary N) is 1. The molecular formula is C16H19N3O3. The zero-order valence-electron chi connectivity index (χ0n) is 12.3. The number of furan rings is 1. The summed E-state index contributed by atoms with van der Waals surface area (Å²) >= 11 is 0. The van der Waals surface area contributed by atoms with Gasteiger partial charge in [0, 0.05) is 19.3 Å². The molecule has 2 aromatic heterocycles. The highest BCUT2D eigenvalue weighted by molar-refractivity contribution is 5.93. The number of hydrogen-bond donors (Lipinski definition) is 1. The summed E-state index contributed by atoms with van der Waals surface area (Å²) < 4.78 is 10.8. The summed E-state index contributed by atoms with van der Waals surface area (Å²) in [7, 11) is 0. The van der Waals surface area contributed by atoms with Crippen LogP contribution in [0, 0.1) is 0 Å². The van der Waals surface area contributed by atoms with Crippen LogP contribution in [0.4, 0.5) is 0 Å². The van der Waals surface area contributed by atoms with Gasteiger partial charge in [0.2, 0.25) is 0 Å². The molecule has 1 aliphatic rings. The molecule has 1 fully saturated rings. The first kappa shape index (κ1) is 14.7. The molecule has 22 heavy (non-hydrogen) atoms. The number of carbonyl (C=O) groups is 1. The van der Waals surface area contributed by atoms with Crippen molar-refractivity contribution in [2.45, 2.75) is 13.1 Å². The molecule has 0 bridgehead atoms. The molecule has 1 amide bonds. The summed E-state index contributed by atoms with van der Waals surface area (Å²) in [5.74, 6) is 0.646. The highest BCUT2D eigenvalue weighted by Crippen LogP contribution is 2.12. The van der Waals surface area contributed by atoms with E-state index >= 15 is 0 Å². The van der Waals surface area contributed by atoms with Crippen LogP contribution in [0.25, 0.3) is 0 Å². The molecule has 0 aromatic carbocycles. The smallest absolute Gasteiger partial charge is 0.254 e. The van der Waals surface area contributed by atoms with Gasteiger partial charge in [-0.1, -0.05) is 6.07 Å². The van der Waals surface area contributed by atoms with Crippen LogP contribution in [0.1, 0.15) is 21.8 Å². The molecular weight excluding hydrogens is 282 g/mol. The Labute approximate surface area is 129 Å².